The first-order chi connectivity index (χ1) is 9.01. The van der Waals surface area contributed by atoms with Crippen molar-refractivity contribution in [3.05, 3.63) is 29.6 Å². The van der Waals surface area contributed by atoms with Crippen LogP contribution < -0.4 is 5.32 Å². The van der Waals surface area contributed by atoms with Crippen LogP contribution in [0.25, 0.3) is 0 Å². The van der Waals surface area contributed by atoms with E-state index in [0.717, 1.165) is 6.07 Å². The lowest BCUT2D eigenvalue weighted by molar-refractivity contribution is -0.131. The summed E-state index contributed by atoms with van der Waals surface area (Å²) in [5.74, 6) is -0.545. The fourth-order valence-electron chi connectivity index (χ4n) is 1.86. The molecule has 0 saturated carbocycles. The van der Waals surface area contributed by atoms with Crippen molar-refractivity contribution in [2.45, 2.75) is 26.8 Å². The molecular weight excluding hydrogens is 245 g/mol. The molecule has 1 rings (SSSR count). The first kappa shape index (κ1) is 15.0. The number of rotatable bonds is 5. The van der Waals surface area contributed by atoms with Gasteiger partial charge in [-0.3, -0.25) is 4.79 Å². The molecule has 4 nitrogen and oxygen atoms in total. The van der Waals surface area contributed by atoms with Crippen LogP contribution >= 0.6 is 0 Å². The first-order valence-corrected chi connectivity index (χ1v) is 6.27. The molecule has 1 aromatic carbocycles. The van der Waals surface area contributed by atoms with Crippen LogP contribution in [0.2, 0.25) is 0 Å². The fourth-order valence-corrected chi connectivity index (χ4v) is 1.86. The maximum absolute atomic E-state index is 13.3. The smallest absolute Gasteiger partial charge is 0.244 e. The molecule has 102 valence electrons. The Labute approximate surface area is 112 Å². The average molecular weight is 263 g/mol. The third-order valence-corrected chi connectivity index (χ3v) is 2.86. The van der Waals surface area contributed by atoms with E-state index in [4.69, 9.17) is 5.26 Å². The third kappa shape index (κ3) is 3.95. The number of carbonyl (C=O) groups excluding carboxylic acids is 1. The zero-order valence-electron chi connectivity index (χ0n) is 11.4. The quantitative estimate of drug-likeness (QED) is 0.887. The van der Waals surface area contributed by atoms with Gasteiger partial charge in [-0.15, -0.1) is 0 Å². The second-order valence-corrected chi connectivity index (χ2v) is 4.22. The van der Waals surface area contributed by atoms with Crippen LogP contribution in [0.5, 0.6) is 0 Å². The van der Waals surface area contributed by atoms with Crippen molar-refractivity contribution in [2.24, 2.45) is 0 Å². The summed E-state index contributed by atoms with van der Waals surface area (Å²) in [6, 6.07) is 5.36. The summed E-state index contributed by atoms with van der Waals surface area (Å²) >= 11 is 0. The molecule has 0 spiro atoms. The summed E-state index contributed by atoms with van der Waals surface area (Å²) in [4.78, 5) is 13.8. The molecular formula is C14H18FN3O. The van der Waals surface area contributed by atoms with E-state index in [0.29, 0.717) is 18.8 Å². The second-order valence-electron chi connectivity index (χ2n) is 4.22. The van der Waals surface area contributed by atoms with E-state index in [2.05, 4.69) is 5.32 Å². The first-order valence-electron chi connectivity index (χ1n) is 6.27. The summed E-state index contributed by atoms with van der Waals surface area (Å²) in [7, 11) is 0. The van der Waals surface area contributed by atoms with E-state index >= 15 is 0 Å². The van der Waals surface area contributed by atoms with Crippen LogP contribution in [0.1, 0.15) is 26.3 Å². The summed E-state index contributed by atoms with van der Waals surface area (Å²) in [5.41, 5.74) is 0.662. The lowest BCUT2D eigenvalue weighted by atomic mass is 10.2. The van der Waals surface area contributed by atoms with Gasteiger partial charge in [-0.05, 0) is 39.0 Å². The number of nitriles is 1. The van der Waals surface area contributed by atoms with Gasteiger partial charge < -0.3 is 10.2 Å². The van der Waals surface area contributed by atoms with Crippen molar-refractivity contribution in [2.75, 3.05) is 18.4 Å². The van der Waals surface area contributed by atoms with Crippen LogP contribution in [-0.4, -0.2) is 29.9 Å². The molecule has 0 aromatic heterocycles. The molecule has 1 atom stereocenters. The highest BCUT2D eigenvalue weighted by Crippen LogP contribution is 2.15. The standard InChI is InChI=1S/C14H18FN3O/c1-4-18(5-2)14(19)10(3)17-13-7-11(9-16)6-12(15)8-13/h6-8,10,17H,4-5H2,1-3H3. The summed E-state index contributed by atoms with van der Waals surface area (Å²) in [5, 5.41) is 11.7. The van der Waals surface area contributed by atoms with Gasteiger partial charge in [0.2, 0.25) is 5.91 Å². The van der Waals surface area contributed by atoms with Crippen LogP contribution in [-0.2, 0) is 4.79 Å². The van der Waals surface area contributed by atoms with Gasteiger partial charge in [-0.2, -0.15) is 5.26 Å². The number of nitrogens with zero attached hydrogens (tertiary/aromatic N) is 2. The molecule has 0 fully saturated rings. The largest absolute Gasteiger partial charge is 0.374 e. The number of hydrogen-bond donors (Lipinski definition) is 1. The summed E-state index contributed by atoms with van der Waals surface area (Å²) < 4.78 is 13.3. The van der Waals surface area contributed by atoms with Gasteiger partial charge in [0, 0.05) is 18.8 Å². The number of hydrogen-bond acceptors (Lipinski definition) is 3. The van der Waals surface area contributed by atoms with E-state index in [9.17, 15) is 9.18 Å². The number of carbonyl (C=O) groups is 1. The molecule has 0 aliphatic rings. The van der Waals surface area contributed by atoms with Gasteiger partial charge in [0.05, 0.1) is 11.6 Å². The third-order valence-electron chi connectivity index (χ3n) is 2.86. The molecule has 1 unspecified atom stereocenters. The average Bonchev–Trinajstić information content (AvgIpc) is 2.39. The van der Waals surface area contributed by atoms with E-state index < -0.39 is 11.9 Å². The predicted octanol–water partition coefficient (Wildman–Crippen LogP) is 2.37. The Kier molecular flexibility index (Phi) is 5.31. The lowest BCUT2D eigenvalue weighted by Gasteiger charge is -2.24. The van der Waals surface area contributed by atoms with E-state index in [-0.39, 0.29) is 11.5 Å². The Morgan fingerprint density at radius 1 is 1.42 bits per heavy atom. The minimum Gasteiger partial charge on any atom is -0.374 e. The van der Waals surface area contributed by atoms with Crippen LogP contribution in [0.4, 0.5) is 10.1 Å². The maximum atomic E-state index is 13.3. The maximum Gasteiger partial charge on any atom is 0.244 e. The van der Waals surface area contributed by atoms with Crippen molar-refractivity contribution < 1.29 is 9.18 Å². The minimum absolute atomic E-state index is 0.0484. The molecule has 1 N–H and O–H groups in total. The predicted molar refractivity (Wildman–Crippen MR) is 72.1 cm³/mol. The van der Waals surface area contributed by atoms with Crippen molar-refractivity contribution in [1.29, 1.82) is 5.26 Å². The monoisotopic (exact) mass is 263 g/mol. The molecule has 0 saturated heterocycles. The second kappa shape index (κ2) is 6.74. The fraction of sp³-hybridized carbons (Fsp3) is 0.429. The molecule has 0 aliphatic heterocycles. The molecule has 0 aliphatic carbocycles. The van der Waals surface area contributed by atoms with E-state index in [1.807, 2.05) is 19.9 Å². The SMILES string of the molecule is CCN(CC)C(=O)C(C)Nc1cc(F)cc(C#N)c1. The number of nitrogens with one attached hydrogen (secondary N) is 1. The Hall–Kier alpha value is -2.09. The normalized spacial score (nSPS) is 11.5. The number of likely N-dealkylation sites (N-methyl/N-ethyl adjacent to an activating group) is 1. The summed E-state index contributed by atoms with van der Waals surface area (Å²) in [6.07, 6.45) is 0. The molecule has 0 bridgehead atoms. The summed E-state index contributed by atoms with van der Waals surface area (Å²) in [6.45, 7) is 6.80. The van der Waals surface area contributed by atoms with E-state index in [1.165, 1.54) is 12.1 Å². The van der Waals surface area contributed by atoms with Gasteiger partial charge in [-0.1, -0.05) is 0 Å². The van der Waals surface area contributed by atoms with E-state index in [1.54, 1.807) is 11.8 Å². The zero-order valence-corrected chi connectivity index (χ0v) is 11.4. The Morgan fingerprint density at radius 2 is 2.05 bits per heavy atom. The van der Waals surface area contributed by atoms with Crippen LogP contribution in [0, 0.1) is 17.1 Å². The molecule has 1 aromatic rings. The Morgan fingerprint density at radius 3 is 2.58 bits per heavy atom. The van der Waals surface area contributed by atoms with Crippen LogP contribution in [0.3, 0.4) is 0 Å². The lowest BCUT2D eigenvalue weighted by Crippen LogP contribution is -2.41. The molecule has 1 amide bonds. The highest BCUT2D eigenvalue weighted by Gasteiger charge is 2.18. The number of amides is 1. The molecule has 0 radical (unpaired) electrons. The van der Waals surface area contributed by atoms with Crippen molar-refractivity contribution in [3.8, 4) is 6.07 Å². The number of benzene rings is 1. The van der Waals surface area contributed by atoms with Crippen molar-refractivity contribution >= 4 is 11.6 Å². The highest BCUT2D eigenvalue weighted by molar-refractivity contribution is 5.84. The zero-order chi connectivity index (χ0) is 14.4. The van der Waals surface area contributed by atoms with Crippen molar-refractivity contribution in [3.63, 3.8) is 0 Å². The minimum atomic E-state index is -0.496. The number of anilines is 1. The Bertz CT molecular complexity index is 492. The van der Waals surface area contributed by atoms with Gasteiger partial charge in [0.25, 0.3) is 0 Å². The van der Waals surface area contributed by atoms with Gasteiger partial charge in [-0.25, -0.2) is 4.39 Å². The molecule has 19 heavy (non-hydrogen) atoms. The van der Waals surface area contributed by atoms with Gasteiger partial charge in [0.1, 0.15) is 11.9 Å². The highest BCUT2D eigenvalue weighted by atomic mass is 19.1. The topological polar surface area (TPSA) is 56.1 Å². The van der Waals surface area contributed by atoms with Crippen LogP contribution in [0.15, 0.2) is 18.2 Å². The molecule has 5 heteroatoms. The molecule has 0 heterocycles. The number of halogens is 1. The van der Waals surface area contributed by atoms with Gasteiger partial charge >= 0.3 is 0 Å². The Balaban J connectivity index is 2.82. The van der Waals surface area contributed by atoms with Crippen molar-refractivity contribution in [1.82, 2.24) is 4.90 Å². The van der Waals surface area contributed by atoms with Gasteiger partial charge in [0.15, 0.2) is 0 Å².